The molecule has 0 saturated heterocycles. The number of carbonyl (C=O) groups is 1. The molecule has 0 aliphatic carbocycles. The predicted molar refractivity (Wildman–Crippen MR) is 89.2 cm³/mol. The largest absolute Gasteiger partial charge is 0.487 e. The van der Waals surface area contributed by atoms with Gasteiger partial charge in [-0.05, 0) is 50.1 Å². The molecule has 1 aromatic heterocycles. The van der Waals surface area contributed by atoms with Crippen molar-refractivity contribution in [2.45, 2.75) is 32.3 Å². The Morgan fingerprint density at radius 1 is 1.35 bits per heavy atom. The van der Waals surface area contributed by atoms with Gasteiger partial charge in [-0.15, -0.1) is 0 Å². The lowest BCUT2D eigenvalue weighted by atomic mass is 10.00. The number of benzene rings is 1. The molecule has 0 spiro atoms. The number of amides is 2. The number of hydrogen-bond donors (Lipinski definition) is 1. The first kappa shape index (κ1) is 14.1. The number of nitrogens with one attached hydrogen (secondary N) is 1. The van der Waals surface area contributed by atoms with Gasteiger partial charge in [0.25, 0.3) is 0 Å². The molecule has 5 heteroatoms. The van der Waals surface area contributed by atoms with Crippen LogP contribution in [0, 0.1) is 0 Å². The van der Waals surface area contributed by atoms with Crippen LogP contribution in [0.5, 0.6) is 5.75 Å². The minimum atomic E-state index is -0.166. The summed E-state index contributed by atoms with van der Waals surface area (Å²) in [6.07, 6.45) is 5.06. The summed E-state index contributed by atoms with van der Waals surface area (Å²) in [6, 6.07) is 7.72. The standard InChI is InChI=1S/C18H19N3O2/c1-18(2)10-13-8-15-12(9-16(13)23-18)5-7-21(15)17(22)20-14-4-3-6-19-11-14/h3-4,6,8-9,11H,5,7,10H2,1-2H3,(H,20,22). The van der Waals surface area contributed by atoms with Crippen LogP contribution in [0.25, 0.3) is 0 Å². The molecule has 4 rings (SSSR count). The van der Waals surface area contributed by atoms with Crippen molar-refractivity contribution in [3.8, 4) is 5.75 Å². The minimum Gasteiger partial charge on any atom is -0.487 e. The van der Waals surface area contributed by atoms with E-state index in [0.717, 1.165) is 24.3 Å². The van der Waals surface area contributed by atoms with Gasteiger partial charge in [0.2, 0.25) is 0 Å². The maximum absolute atomic E-state index is 12.6. The molecule has 0 atom stereocenters. The third kappa shape index (κ3) is 2.52. The lowest BCUT2D eigenvalue weighted by Gasteiger charge is -2.18. The van der Waals surface area contributed by atoms with E-state index < -0.39 is 0 Å². The molecule has 2 aliphatic rings. The number of rotatable bonds is 1. The molecule has 23 heavy (non-hydrogen) atoms. The normalized spacial score (nSPS) is 17.4. The Labute approximate surface area is 135 Å². The number of hydrogen-bond acceptors (Lipinski definition) is 3. The van der Waals surface area contributed by atoms with Crippen LogP contribution >= 0.6 is 0 Å². The number of aromatic nitrogens is 1. The van der Waals surface area contributed by atoms with E-state index in [1.807, 2.05) is 6.07 Å². The fourth-order valence-corrected chi connectivity index (χ4v) is 3.32. The lowest BCUT2D eigenvalue weighted by Crippen LogP contribution is -2.33. The van der Waals surface area contributed by atoms with E-state index in [4.69, 9.17) is 4.74 Å². The molecule has 5 nitrogen and oxygen atoms in total. The summed E-state index contributed by atoms with van der Waals surface area (Å²) in [4.78, 5) is 18.4. The second-order valence-corrected chi connectivity index (χ2v) is 6.70. The molecule has 0 fully saturated rings. The number of anilines is 2. The molecule has 2 amide bonds. The number of ether oxygens (including phenoxy) is 1. The molecule has 0 unspecified atom stereocenters. The van der Waals surface area contributed by atoms with Gasteiger partial charge in [0, 0.05) is 30.4 Å². The zero-order valence-electron chi connectivity index (χ0n) is 13.3. The number of fused-ring (bicyclic) bond motifs is 2. The Kier molecular flexibility index (Phi) is 3.04. The van der Waals surface area contributed by atoms with Crippen molar-refractivity contribution in [1.82, 2.24) is 4.98 Å². The number of carbonyl (C=O) groups excluding carboxylic acids is 1. The number of urea groups is 1. The van der Waals surface area contributed by atoms with Gasteiger partial charge in [-0.1, -0.05) is 0 Å². The van der Waals surface area contributed by atoms with Gasteiger partial charge in [-0.2, -0.15) is 0 Å². The van der Waals surface area contributed by atoms with Crippen molar-refractivity contribution in [2.75, 3.05) is 16.8 Å². The van der Waals surface area contributed by atoms with Crippen LogP contribution in [-0.4, -0.2) is 23.2 Å². The van der Waals surface area contributed by atoms with E-state index >= 15 is 0 Å². The molecular weight excluding hydrogens is 290 g/mol. The van der Waals surface area contributed by atoms with E-state index in [-0.39, 0.29) is 11.6 Å². The molecule has 0 bridgehead atoms. The monoisotopic (exact) mass is 309 g/mol. The van der Waals surface area contributed by atoms with E-state index in [9.17, 15) is 4.79 Å². The van der Waals surface area contributed by atoms with Gasteiger partial charge in [0.05, 0.1) is 11.9 Å². The van der Waals surface area contributed by atoms with Crippen LogP contribution in [0.1, 0.15) is 25.0 Å². The minimum absolute atomic E-state index is 0.116. The summed E-state index contributed by atoms with van der Waals surface area (Å²) < 4.78 is 5.98. The van der Waals surface area contributed by atoms with Crippen LogP contribution < -0.4 is 15.0 Å². The zero-order chi connectivity index (χ0) is 16.0. The van der Waals surface area contributed by atoms with Crippen molar-refractivity contribution in [3.63, 3.8) is 0 Å². The van der Waals surface area contributed by atoms with Gasteiger partial charge >= 0.3 is 6.03 Å². The van der Waals surface area contributed by atoms with E-state index in [1.54, 1.807) is 23.4 Å². The highest BCUT2D eigenvalue weighted by molar-refractivity contribution is 6.03. The summed E-state index contributed by atoms with van der Waals surface area (Å²) in [7, 11) is 0. The molecular formula is C18H19N3O2. The van der Waals surface area contributed by atoms with Crippen LogP contribution in [0.4, 0.5) is 16.2 Å². The average Bonchev–Trinajstić information content (AvgIpc) is 3.03. The smallest absolute Gasteiger partial charge is 0.326 e. The molecule has 1 N–H and O–H groups in total. The van der Waals surface area contributed by atoms with E-state index in [0.29, 0.717) is 12.2 Å². The van der Waals surface area contributed by atoms with Gasteiger partial charge < -0.3 is 10.1 Å². The van der Waals surface area contributed by atoms with Crippen LogP contribution in [0.2, 0.25) is 0 Å². The second kappa shape index (κ2) is 4.98. The van der Waals surface area contributed by atoms with Crippen molar-refractivity contribution >= 4 is 17.4 Å². The summed E-state index contributed by atoms with van der Waals surface area (Å²) in [5, 5.41) is 2.90. The van der Waals surface area contributed by atoms with Gasteiger partial charge in [-0.25, -0.2) is 4.79 Å². The third-order valence-corrected chi connectivity index (χ3v) is 4.32. The molecule has 2 aromatic rings. The Morgan fingerprint density at radius 3 is 3.00 bits per heavy atom. The molecule has 3 heterocycles. The number of nitrogens with zero attached hydrogens (tertiary/aromatic N) is 2. The highest BCUT2D eigenvalue weighted by atomic mass is 16.5. The SMILES string of the molecule is CC1(C)Cc2cc3c(cc2O1)CCN3C(=O)Nc1cccnc1. The van der Waals surface area contributed by atoms with Crippen molar-refractivity contribution in [3.05, 3.63) is 47.8 Å². The van der Waals surface area contributed by atoms with Crippen molar-refractivity contribution in [2.24, 2.45) is 0 Å². The first-order valence-electron chi connectivity index (χ1n) is 7.85. The summed E-state index contributed by atoms with van der Waals surface area (Å²) >= 11 is 0. The number of pyridine rings is 1. The molecule has 0 radical (unpaired) electrons. The Hall–Kier alpha value is -2.56. The molecule has 2 aliphatic heterocycles. The Bertz CT molecular complexity index is 771. The summed E-state index contributed by atoms with van der Waals surface area (Å²) in [5.74, 6) is 0.961. The zero-order valence-corrected chi connectivity index (χ0v) is 13.3. The quantitative estimate of drug-likeness (QED) is 0.878. The fourth-order valence-electron chi connectivity index (χ4n) is 3.32. The summed E-state index contributed by atoms with van der Waals surface area (Å²) in [6.45, 7) is 4.86. The maximum atomic E-state index is 12.6. The second-order valence-electron chi connectivity index (χ2n) is 6.70. The fraction of sp³-hybridized carbons (Fsp3) is 0.333. The van der Waals surface area contributed by atoms with Gasteiger partial charge in [0.15, 0.2) is 0 Å². The maximum Gasteiger partial charge on any atom is 0.326 e. The highest BCUT2D eigenvalue weighted by Gasteiger charge is 2.34. The van der Waals surface area contributed by atoms with E-state index in [1.165, 1.54) is 11.1 Å². The van der Waals surface area contributed by atoms with Crippen LogP contribution in [0.15, 0.2) is 36.7 Å². The van der Waals surface area contributed by atoms with Crippen LogP contribution in [-0.2, 0) is 12.8 Å². The molecule has 0 saturated carbocycles. The average molecular weight is 309 g/mol. The van der Waals surface area contributed by atoms with E-state index in [2.05, 4.69) is 36.3 Å². The third-order valence-electron chi connectivity index (χ3n) is 4.32. The molecule has 1 aromatic carbocycles. The first-order valence-corrected chi connectivity index (χ1v) is 7.85. The van der Waals surface area contributed by atoms with Crippen molar-refractivity contribution in [1.29, 1.82) is 0 Å². The Balaban J connectivity index is 1.60. The van der Waals surface area contributed by atoms with Gasteiger partial charge in [0.1, 0.15) is 11.4 Å². The predicted octanol–water partition coefficient (Wildman–Crippen LogP) is 3.39. The summed E-state index contributed by atoms with van der Waals surface area (Å²) in [5.41, 5.74) is 3.88. The van der Waals surface area contributed by atoms with Crippen LogP contribution in [0.3, 0.4) is 0 Å². The highest BCUT2D eigenvalue weighted by Crippen LogP contribution is 2.41. The Morgan fingerprint density at radius 2 is 2.22 bits per heavy atom. The topological polar surface area (TPSA) is 54.5 Å². The molecule has 118 valence electrons. The van der Waals surface area contributed by atoms with Crippen molar-refractivity contribution < 1.29 is 9.53 Å². The van der Waals surface area contributed by atoms with Gasteiger partial charge in [-0.3, -0.25) is 9.88 Å². The first-order chi connectivity index (χ1) is 11.0. The lowest BCUT2D eigenvalue weighted by molar-refractivity contribution is 0.138.